The summed E-state index contributed by atoms with van der Waals surface area (Å²) in [7, 11) is 0. The van der Waals surface area contributed by atoms with Crippen LogP contribution in [0.3, 0.4) is 0 Å². The summed E-state index contributed by atoms with van der Waals surface area (Å²) < 4.78 is 4.59. The van der Waals surface area contributed by atoms with Crippen molar-refractivity contribution < 1.29 is 19.8 Å². The molecule has 5 nitrogen and oxygen atoms in total. The van der Waals surface area contributed by atoms with Crippen molar-refractivity contribution in [3.63, 3.8) is 0 Å². The molecule has 0 bridgehead atoms. The van der Waals surface area contributed by atoms with Gasteiger partial charge in [-0.3, -0.25) is 4.79 Å². The first-order valence-corrected chi connectivity index (χ1v) is 3.69. The predicted octanol–water partition coefficient (Wildman–Crippen LogP) is -0.331. The molecule has 0 radical (unpaired) electrons. The predicted molar refractivity (Wildman–Crippen MR) is 41.7 cm³/mol. The van der Waals surface area contributed by atoms with E-state index in [2.05, 4.69) is 4.74 Å². The number of aliphatic hydroxyl groups is 1. The number of hydroxylamine groups is 1. The standard InChI is InChI=1S/C7H15NO4/c1-7(2,8-11)5-6(10)12-4-3-9/h8-9,11H,3-5H2,1-2H3. The zero-order valence-electron chi connectivity index (χ0n) is 7.33. The van der Waals surface area contributed by atoms with E-state index in [1.54, 1.807) is 13.8 Å². The lowest BCUT2D eigenvalue weighted by Crippen LogP contribution is -2.39. The first kappa shape index (κ1) is 11.4. The highest BCUT2D eigenvalue weighted by molar-refractivity contribution is 5.70. The maximum atomic E-state index is 10.9. The molecular weight excluding hydrogens is 162 g/mol. The summed E-state index contributed by atoms with van der Waals surface area (Å²) in [5.74, 6) is -0.449. The van der Waals surface area contributed by atoms with Gasteiger partial charge in [0.25, 0.3) is 0 Å². The highest BCUT2D eigenvalue weighted by Gasteiger charge is 2.21. The fraction of sp³-hybridized carbons (Fsp3) is 0.857. The van der Waals surface area contributed by atoms with E-state index in [-0.39, 0.29) is 19.6 Å². The second-order valence-electron chi connectivity index (χ2n) is 3.12. The van der Waals surface area contributed by atoms with Gasteiger partial charge in [-0.05, 0) is 13.8 Å². The third kappa shape index (κ3) is 5.06. The topological polar surface area (TPSA) is 78.8 Å². The molecule has 0 fully saturated rings. The van der Waals surface area contributed by atoms with E-state index in [0.717, 1.165) is 0 Å². The maximum Gasteiger partial charge on any atom is 0.307 e. The summed E-state index contributed by atoms with van der Waals surface area (Å²) >= 11 is 0. The van der Waals surface area contributed by atoms with Gasteiger partial charge in [0.2, 0.25) is 0 Å². The van der Waals surface area contributed by atoms with Gasteiger partial charge < -0.3 is 15.1 Å². The molecule has 0 aromatic rings. The van der Waals surface area contributed by atoms with E-state index in [4.69, 9.17) is 10.3 Å². The van der Waals surface area contributed by atoms with E-state index in [0.29, 0.717) is 0 Å². The van der Waals surface area contributed by atoms with Crippen LogP contribution in [0.4, 0.5) is 0 Å². The number of esters is 1. The molecule has 0 saturated heterocycles. The Labute approximate surface area is 71.3 Å². The zero-order valence-corrected chi connectivity index (χ0v) is 7.33. The molecule has 0 aliphatic carbocycles. The Kier molecular flexibility index (Phi) is 4.80. The van der Waals surface area contributed by atoms with Gasteiger partial charge in [0.1, 0.15) is 6.61 Å². The molecule has 0 heterocycles. The lowest BCUT2D eigenvalue weighted by molar-refractivity contribution is -0.147. The van der Waals surface area contributed by atoms with Gasteiger partial charge >= 0.3 is 5.97 Å². The van der Waals surface area contributed by atoms with Crippen LogP contribution in [0, 0.1) is 0 Å². The molecule has 0 rings (SSSR count). The van der Waals surface area contributed by atoms with Crippen LogP contribution in [0.5, 0.6) is 0 Å². The van der Waals surface area contributed by atoms with Gasteiger partial charge in [0, 0.05) is 5.54 Å². The maximum absolute atomic E-state index is 10.9. The molecule has 0 aliphatic heterocycles. The molecule has 0 saturated carbocycles. The molecular formula is C7H15NO4. The number of rotatable bonds is 5. The van der Waals surface area contributed by atoms with Crippen LogP contribution in [0.15, 0.2) is 0 Å². The normalized spacial score (nSPS) is 11.3. The second-order valence-corrected chi connectivity index (χ2v) is 3.12. The van der Waals surface area contributed by atoms with Crippen molar-refractivity contribution in [2.45, 2.75) is 25.8 Å². The quantitative estimate of drug-likeness (QED) is 0.396. The van der Waals surface area contributed by atoms with Crippen LogP contribution in [-0.2, 0) is 9.53 Å². The van der Waals surface area contributed by atoms with Crippen LogP contribution in [-0.4, -0.2) is 35.0 Å². The highest BCUT2D eigenvalue weighted by atomic mass is 16.5. The zero-order chi connectivity index (χ0) is 9.61. The van der Waals surface area contributed by atoms with Crippen molar-refractivity contribution in [2.75, 3.05) is 13.2 Å². The number of ether oxygens (including phenoxy) is 1. The van der Waals surface area contributed by atoms with Crippen molar-refractivity contribution in [3.8, 4) is 0 Å². The van der Waals surface area contributed by atoms with Gasteiger partial charge in [0.05, 0.1) is 13.0 Å². The van der Waals surface area contributed by atoms with E-state index >= 15 is 0 Å². The Bertz CT molecular complexity index is 146. The molecule has 0 aromatic heterocycles. The van der Waals surface area contributed by atoms with Gasteiger partial charge in [-0.25, -0.2) is 0 Å². The Morgan fingerprint density at radius 3 is 2.58 bits per heavy atom. The van der Waals surface area contributed by atoms with Crippen LogP contribution in [0.1, 0.15) is 20.3 Å². The molecule has 0 aliphatic rings. The average molecular weight is 177 g/mol. The average Bonchev–Trinajstić information content (AvgIpc) is 2.00. The number of carbonyl (C=O) groups excluding carboxylic acids is 1. The summed E-state index contributed by atoms with van der Waals surface area (Å²) in [6.07, 6.45) is 0.0590. The fourth-order valence-corrected chi connectivity index (χ4v) is 0.611. The lowest BCUT2D eigenvalue weighted by atomic mass is 10.0. The largest absolute Gasteiger partial charge is 0.463 e. The molecule has 0 atom stereocenters. The van der Waals surface area contributed by atoms with Crippen molar-refractivity contribution in [3.05, 3.63) is 0 Å². The molecule has 3 N–H and O–H groups in total. The van der Waals surface area contributed by atoms with Crippen LogP contribution >= 0.6 is 0 Å². The first-order valence-electron chi connectivity index (χ1n) is 3.69. The Hall–Kier alpha value is -0.650. The molecule has 72 valence electrons. The third-order valence-corrected chi connectivity index (χ3v) is 1.24. The number of carbonyl (C=O) groups is 1. The van der Waals surface area contributed by atoms with Crippen LogP contribution in [0.25, 0.3) is 0 Å². The first-order chi connectivity index (χ1) is 5.52. The Morgan fingerprint density at radius 1 is 1.58 bits per heavy atom. The van der Waals surface area contributed by atoms with Crippen molar-refractivity contribution in [1.29, 1.82) is 0 Å². The van der Waals surface area contributed by atoms with Crippen molar-refractivity contribution >= 4 is 5.97 Å². The summed E-state index contributed by atoms with van der Waals surface area (Å²) in [5, 5.41) is 16.9. The van der Waals surface area contributed by atoms with Gasteiger partial charge in [-0.15, -0.1) is 0 Å². The van der Waals surface area contributed by atoms with Gasteiger partial charge in [-0.2, -0.15) is 5.48 Å². The monoisotopic (exact) mass is 177 g/mol. The minimum atomic E-state index is -0.688. The second kappa shape index (κ2) is 5.08. The smallest absolute Gasteiger partial charge is 0.307 e. The summed E-state index contributed by atoms with van der Waals surface area (Å²) in [5.41, 5.74) is 1.30. The van der Waals surface area contributed by atoms with E-state index in [9.17, 15) is 4.79 Å². The third-order valence-electron chi connectivity index (χ3n) is 1.24. The molecule has 0 amide bonds. The Morgan fingerprint density at radius 2 is 2.17 bits per heavy atom. The lowest BCUT2D eigenvalue weighted by Gasteiger charge is -2.20. The number of nitrogens with one attached hydrogen (secondary N) is 1. The van der Waals surface area contributed by atoms with Gasteiger partial charge in [-0.1, -0.05) is 0 Å². The summed E-state index contributed by atoms with van der Waals surface area (Å²) in [6, 6.07) is 0. The molecule has 5 heteroatoms. The van der Waals surface area contributed by atoms with Crippen LogP contribution < -0.4 is 5.48 Å². The SMILES string of the molecule is CC(C)(CC(=O)OCCO)NO. The molecule has 0 unspecified atom stereocenters. The van der Waals surface area contributed by atoms with Crippen LogP contribution in [0.2, 0.25) is 0 Å². The fourth-order valence-electron chi connectivity index (χ4n) is 0.611. The van der Waals surface area contributed by atoms with Crippen molar-refractivity contribution in [1.82, 2.24) is 5.48 Å². The molecule has 12 heavy (non-hydrogen) atoms. The minimum Gasteiger partial charge on any atom is -0.463 e. The van der Waals surface area contributed by atoms with E-state index in [1.807, 2.05) is 5.48 Å². The number of hydrogen-bond acceptors (Lipinski definition) is 5. The van der Waals surface area contributed by atoms with E-state index < -0.39 is 11.5 Å². The summed E-state index contributed by atoms with van der Waals surface area (Å²) in [6.45, 7) is 3.14. The minimum absolute atomic E-state index is 0.000339. The van der Waals surface area contributed by atoms with Crippen molar-refractivity contribution in [2.24, 2.45) is 0 Å². The molecule has 0 spiro atoms. The summed E-state index contributed by atoms with van der Waals surface area (Å²) in [4.78, 5) is 10.9. The van der Waals surface area contributed by atoms with Gasteiger partial charge in [0.15, 0.2) is 0 Å². The molecule has 0 aromatic carbocycles. The highest BCUT2D eigenvalue weighted by Crippen LogP contribution is 2.07. The number of hydrogen-bond donors (Lipinski definition) is 3. The van der Waals surface area contributed by atoms with E-state index in [1.165, 1.54) is 0 Å². The number of aliphatic hydroxyl groups excluding tert-OH is 1. The Balaban J connectivity index is 3.68.